The van der Waals surface area contributed by atoms with Crippen molar-refractivity contribution >= 4 is 40.0 Å². The molecule has 1 aliphatic heterocycles. The van der Waals surface area contributed by atoms with Gasteiger partial charge in [0.25, 0.3) is 0 Å². The third-order valence-electron chi connectivity index (χ3n) is 2.72. The number of benzene rings is 1. The molecule has 6 heteroatoms. The van der Waals surface area contributed by atoms with Crippen molar-refractivity contribution in [1.82, 2.24) is 5.01 Å². The Hall–Kier alpha value is -1.59. The van der Waals surface area contributed by atoms with Gasteiger partial charge in [0, 0.05) is 22.8 Å². The standard InChI is InChI=1S/C14H13BrClN3O/c1-9(15)14-18-11(8-13(16)19(14)17-2)10-6-4-5-7-12(10)20-3/h4-8H,2H2,1,3H3/b14-9+. The first-order valence-corrected chi connectivity index (χ1v) is 6.98. The van der Waals surface area contributed by atoms with Crippen LogP contribution in [0.25, 0.3) is 0 Å². The van der Waals surface area contributed by atoms with Crippen LogP contribution in [0.1, 0.15) is 12.5 Å². The molecule has 4 nitrogen and oxygen atoms in total. The fraction of sp³-hybridized carbons (Fsp3) is 0.143. The summed E-state index contributed by atoms with van der Waals surface area (Å²) in [6, 6.07) is 7.63. The van der Waals surface area contributed by atoms with Gasteiger partial charge in [-0.2, -0.15) is 5.10 Å². The number of hydrogen-bond donors (Lipinski definition) is 0. The molecule has 0 bridgehead atoms. The zero-order chi connectivity index (χ0) is 14.7. The molecule has 0 aliphatic carbocycles. The highest BCUT2D eigenvalue weighted by molar-refractivity contribution is 9.11. The third kappa shape index (κ3) is 2.78. The minimum Gasteiger partial charge on any atom is -0.496 e. The largest absolute Gasteiger partial charge is 0.496 e. The first kappa shape index (κ1) is 14.8. The van der Waals surface area contributed by atoms with E-state index in [-0.39, 0.29) is 0 Å². The Morgan fingerprint density at radius 1 is 1.45 bits per heavy atom. The fourth-order valence-electron chi connectivity index (χ4n) is 1.82. The maximum Gasteiger partial charge on any atom is 0.165 e. The van der Waals surface area contributed by atoms with Crippen LogP contribution in [0.5, 0.6) is 5.75 Å². The molecule has 1 aromatic carbocycles. The van der Waals surface area contributed by atoms with Gasteiger partial charge in [0.2, 0.25) is 0 Å². The fourth-order valence-corrected chi connectivity index (χ4v) is 2.31. The molecule has 0 saturated heterocycles. The number of allylic oxidation sites excluding steroid dienone is 2. The lowest BCUT2D eigenvalue weighted by molar-refractivity contribution is 0.414. The molecule has 0 spiro atoms. The van der Waals surface area contributed by atoms with Crippen molar-refractivity contribution in [2.45, 2.75) is 6.92 Å². The van der Waals surface area contributed by atoms with Crippen LogP contribution in [-0.4, -0.2) is 24.5 Å². The number of nitrogens with zero attached hydrogens (tertiary/aromatic N) is 3. The smallest absolute Gasteiger partial charge is 0.165 e. The van der Waals surface area contributed by atoms with E-state index in [1.54, 1.807) is 13.2 Å². The zero-order valence-electron chi connectivity index (χ0n) is 11.1. The lowest BCUT2D eigenvalue weighted by atomic mass is 10.1. The van der Waals surface area contributed by atoms with Crippen molar-refractivity contribution in [3.8, 4) is 5.75 Å². The third-order valence-corrected chi connectivity index (χ3v) is 3.34. The zero-order valence-corrected chi connectivity index (χ0v) is 13.4. The molecule has 0 radical (unpaired) electrons. The highest BCUT2D eigenvalue weighted by Crippen LogP contribution is 2.30. The van der Waals surface area contributed by atoms with Crippen molar-refractivity contribution < 1.29 is 4.74 Å². The second-order valence-electron chi connectivity index (χ2n) is 3.97. The van der Waals surface area contributed by atoms with E-state index in [1.807, 2.05) is 31.2 Å². The summed E-state index contributed by atoms with van der Waals surface area (Å²) in [5, 5.41) is 5.74. The van der Waals surface area contributed by atoms with Crippen LogP contribution in [0.2, 0.25) is 0 Å². The Morgan fingerprint density at radius 2 is 2.15 bits per heavy atom. The van der Waals surface area contributed by atoms with E-state index in [1.165, 1.54) is 5.01 Å². The quantitative estimate of drug-likeness (QED) is 0.606. The van der Waals surface area contributed by atoms with Crippen molar-refractivity contribution in [1.29, 1.82) is 0 Å². The maximum atomic E-state index is 6.24. The molecule has 0 N–H and O–H groups in total. The average Bonchev–Trinajstić information content (AvgIpc) is 2.46. The molecule has 104 valence electrons. The highest BCUT2D eigenvalue weighted by Gasteiger charge is 2.21. The van der Waals surface area contributed by atoms with E-state index < -0.39 is 0 Å². The number of rotatable bonds is 3. The average molecular weight is 355 g/mol. The van der Waals surface area contributed by atoms with Gasteiger partial charge in [0.05, 0.1) is 12.8 Å². The summed E-state index contributed by atoms with van der Waals surface area (Å²) in [5.74, 6) is 1.33. The summed E-state index contributed by atoms with van der Waals surface area (Å²) in [4.78, 5) is 4.56. The van der Waals surface area contributed by atoms with Crippen LogP contribution in [0, 0.1) is 0 Å². The van der Waals surface area contributed by atoms with Crippen LogP contribution in [0.3, 0.4) is 0 Å². The van der Waals surface area contributed by atoms with E-state index >= 15 is 0 Å². The van der Waals surface area contributed by atoms with Crippen LogP contribution in [0.15, 0.2) is 55.9 Å². The second kappa shape index (κ2) is 6.24. The summed E-state index contributed by atoms with van der Waals surface area (Å²) in [7, 11) is 1.62. The van der Waals surface area contributed by atoms with Gasteiger partial charge in [0.1, 0.15) is 10.9 Å². The lowest BCUT2D eigenvalue weighted by Gasteiger charge is -2.23. The van der Waals surface area contributed by atoms with Gasteiger partial charge in [-0.3, -0.25) is 0 Å². The molecular weight excluding hydrogens is 342 g/mol. The molecule has 0 atom stereocenters. The first-order valence-electron chi connectivity index (χ1n) is 5.81. The van der Waals surface area contributed by atoms with Gasteiger partial charge >= 0.3 is 0 Å². The summed E-state index contributed by atoms with van der Waals surface area (Å²) in [6.45, 7) is 5.37. The van der Waals surface area contributed by atoms with Crippen LogP contribution < -0.4 is 4.74 Å². The predicted molar refractivity (Wildman–Crippen MR) is 86.5 cm³/mol. The van der Waals surface area contributed by atoms with Gasteiger partial charge in [0.15, 0.2) is 5.82 Å². The minimum absolute atomic E-state index is 0.421. The van der Waals surface area contributed by atoms with Crippen molar-refractivity contribution in [2.24, 2.45) is 10.1 Å². The van der Waals surface area contributed by atoms with E-state index in [0.29, 0.717) is 16.7 Å². The molecule has 1 aliphatic rings. The van der Waals surface area contributed by atoms with Crippen molar-refractivity contribution in [3.63, 3.8) is 0 Å². The van der Waals surface area contributed by atoms with Gasteiger partial charge < -0.3 is 4.74 Å². The molecular formula is C14H13BrClN3O. The Bertz CT molecular complexity index is 633. The number of hydrogen-bond acceptors (Lipinski definition) is 4. The van der Waals surface area contributed by atoms with E-state index in [0.717, 1.165) is 15.8 Å². The van der Waals surface area contributed by atoms with Gasteiger partial charge in [-0.05, 0) is 19.1 Å². The van der Waals surface area contributed by atoms with E-state index in [2.05, 4.69) is 32.7 Å². The molecule has 0 unspecified atom stereocenters. The molecule has 0 aromatic heterocycles. The van der Waals surface area contributed by atoms with Crippen LogP contribution in [-0.2, 0) is 0 Å². The molecule has 1 aromatic rings. The molecule has 0 amide bonds. The number of aliphatic imine (C=N–C) groups is 1. The Morgan fingerprint density at radius 3 is 2.75 bits per heavy atom. The van der Waals surface area contributed by atoms with Crippen molar-refractivity contribution in [3.05, 3.63) is 51.4 Å². The molecule has 20 heavy (non-hydrogen) atoms. The maximum absolute atomic E-state index is 6.24. The van der Waals surface area contributed by atoms with Crippen molar-refractivity contribution in [2.75, 3.05) is 7.11 Å². The Labute approximate surface area is 131 Å². The molecule has 1 heterocycles. The Kier molecular flexibility index (Phi) is 4.62. The topological polar surface area (TPSA) is 37.2 Å². The number of para-hydroxylation sites is 1. The highest BCUT2D eigenvalue weighted by atomic mass is 79.9. The first-order chi connectivity index (χ1) is 9.58. The predicted octanol–water partition coefficient (Wildman–Crippen LogP) is 4.08. The lowest BCUT2D eigenvalue weighted by Crippen LogP contribution is -2.19. The Balaban J connectivity index is 2.58. The SMILES string of the molecule is C=NN1C(Cl)=CC(c2ccccc2OC)=N/C1=C(/C)Br. The molecule has 0 fully saturated rings. The minimum atomic E-state index is 0.421. The van der Waals surface area contributed by atoms with Gasteiger partial charge in [-0.25, -0.2) is 10.0 Å². The summed E-state index contributed by atoms with van der Waals surface area (Å²) in [5.41, 5.74) is 1.57. The van der Waals surface area contributed by atoms with Gasteiger partial charge in [-0.15, -0.1) is 0 Å². The van der Waals surface area contributed by atoms with Crippen LogP contribution >= 0.6 is 27.5 Å². The number of halogens is 2. The van der Waals surface area contributed by atoms with E-state index in [9.17, 15) is 0 Å². The van der Waals surface area contributed by atoms with Gasteiger partial charge in [-0.1, -0.05) is 39.7 Å². The number of methoxy groups -OCH3 is 1. The molecule has 2 rings (SSSR count). The second-order valence-corrected chi connectivity index (χ2v) is 5.55. The molecule has 0 saturated carbocycles. The van der Waals surface area contributed by atoms with E-state index in [4.69, 9.17) is 16.3 Å². The summed E-state index contributed by atoms with van der Waals surface area (Å²) < 4.78 is 6.16. The normalized spacial score (nSPS) is 17.3. The number of ether oxygens (including phenoxy) is 1. The summed E-state index contributed by atoms with van der Waals surface area (Å²) >= 11 is 9.64. The van der Waals surface area contributed by atoms with Crippen LogP contribution in [0.4, 0.5) is 0 Å². The monoisotopic (exact) mass is 353 g/mol. The number of hydrazone groups is 1. The summed E-state index contributed by atoms with van der Waals surface area (Å²) in [6.07, 6.45) is 1.73.